The monoisotopic (exact) mass is 1090 g/mol. The number of hydrogen-bond acceptors (Lipinski definition) is 6. The van der Waals surface area contributed by atoms with Crippen molar-refractivity contribution in [3.8, 4) is 45.7 Å². The molecule has 9 heteroatoms. The Hall–Kier alpha value is -6.95. The molecule has 4 aromatic heterocycles. The van der Waals surface area contributed by atoms with Gasteiger partial charge in [-0.3, -0.25) is 15.0 Å². The molecule has 0 saturated carbocycles. The summed E-state index contributed by atoms with van der Waals surface area (Å²) in [5.41, 5.74) is 9.52. The molecule has 11 aromatic rings. The Labute approximate surface area is 420 Å². The molecule has 11 rings (SSSR count). The van der Waals surface area contributed by atoms with Crippen molar-refractivity contribution in [2.45, 2.75) is 72.9 Å². The van der Waals surface area contributed by atoms with Gasteiger partial charge in [-0.25, -0.2) is 0 Å². The maximum atomic E-state index is 9.48. The molecule has 0 aliphatic carbocycles. The summed E-state index contributed by atoms with van der Waals surface area (Å²) in [6.07, 6.45) is 3.91. The fourth-order valence-electron chi connectivity index (χ4n) is 8.84. The van der Waals surface area contributed by atoms with Gasteiger partial charge in [0.1, 0.15) is 16.7 Å². The van der Waals surface area contributed by atoms with Gasteiger partial charge in [0.25, 0.3) is 0 Å². The summed E-state index contributed by atoms with van der Waals surface area (Å²) in [4.78, 5) is 14.0. The van der Waals surface area contributed by atoms with Gasteiger partial charge in [0.05, 0.1) is 48.0 Å². The van der Waals surface area contributed by atoms with Crippen molar-refractivity contribution < 1.29 is 37.2 Å². The molecule has 0 amide bonds. The summed E-state index contributed by atoms with van der Waals surface area (Å²) >= 11 is 0. The minimum atomic E-state index is -2.54. The first kappa shape index (κ1) is 39.1. The number of rotatable bonds is 7. The van der Waals surface area contributed by atoms with Crippen LogP contribution in [-0.4, -0.2) is 27.6 Å². The van der Waals surface area contributed by atoms with E-state index >= 15 is 0 Å². The first-order valence-corrected chi connectivity index (χ1v) is 25.9. The van der Waals surface area contributed by atoms with Gasteiger partial charge in [-0.2, -0.15) is 5.26 Å². The molecule has 0 unspecified atom stereocenters. The van der Waals surface area contributed by atoms with Crippen molar-refractivity contribution in [3.05, 3.63) is 174 Å². The molecular weight excluding hydrogens is 1030 g/mol. The van der Waals surface area contributed by atoms with Gasteiger partial charge in [-0.05, 0) is 100 Å². The molecule has 0 bridgehead atoms. The fourth-order valence-corrected chi connectivity index (χ4v) is 9.75. The Morgan fingerprint density at radius 2 is 1.40 bits per heavy atom. The number of aromatic nitrogens is 4. The van der Waals surface area contributed by atoms with Crippen molar-refractivity contribution >= 4 is 68.2 Å². The van der Waals surface area contributed by atoms with Crippen molar-refractivity contribution in [2.75, 3.05) is 0 Å². The molecule has 339 valence electrons. The van der Waals surface area contributed by atoms with Crippen LogP contribution in [0.3, 0.4) is 0 Å². The summed E-state index contributed by atoms with van der Waals surface area (Å²) in [5, 5.41) is 13.2. The standard InChI is InChI=1S/C46H36N3O2.C13H15N2Si.Ir/c1-25(2)34-20-31(30-12-8-7-9-13-30)21-35(26(3)4)44(34)49-43-28(6)11-10-14-38(43)48-46(49)33-17-15-27(5)42-37-23-40-36(22-41(37)51-45(33)42)32-18-16-29(24-47)19-39(32)50-40;1-16(2,3)12-9-14-13(15-10-12)11-7-5-4-6-8-11;/h7-16,18-23,25-26H,1-6H3;4-7,9-10H,1-3H3;/q2*-1;/i5D3,6D3;;. The molecule has 1 radical (unpaired) electrons. The summed E-state index contributed by atoms with van der Waals surface area (Å²) in [6.45, 7) is 10.3. The van der Waals surface area contributed by atoms with Crippen LogP contribution in [0.5, 0.6) is 0 Å². The molecule has 0 saturated heterocycles. The second-order valence-electron chi connectivity index (χ2n) is 18.6. The van der Waals surface area contributed by atoms with Crippen LogP contribution in [0.15, 0.2) is 143 Å². The van der Waals surface area contributed by atoms with Crippen LogP contribution in [0.1, 0.15) is 75.6 Å². The number of para-hydroxylation sites is 1. The zero-order valence-corrected chi connectivity index (χ0v) is 42.1. The zero-order chi connectivity index (χ0) is 51.7. The van der Waals surface area contributed by atoms with Gasteiger partial charge in [-0.1, -0.05) is 108 Å². The van der Waals surface area contributed by atoms with Gasteiger partial charge >= 0.3 is 0 Å². The van der Waals surface area contributed by atoms with E-state index in [1.165, 1.54) is 11.3 Å². The normalized spacial score (nSPS) is 13.4. The summed E-state index contributed by atoms with van der Waals surface area (Å²) < 4.78 is 66.6. The number of imidazole rings is 1. The van der Waals surface area contributed by atoms with Crippen LogP contribution in [-0.2, 0) is 20.1 Å². The molecule has 0 aliphatic rings. The average Bonchev–Trinajstić information content (AvgIpc) is 4.05. The van der Waals surface area contributed by atoms with E-state index in [-0.39, 0.29) is 48.7 Å². The van der Waals surface area contributed by atoms with E-state index in [4.69, 9.17) is 22.0 Å². The quantitative estimate of drug-likeness (QED) is 0.117. The third kappa shape index (κ3) is 8.28. The fraction of sp³-hybridized carbons (Fsp3) is 0.186. The smallest absolute Gasteiger partial charge is 0.136 e. The molecule has 4 heterocycles. The minimum Gasteiger partial charge on any atom is -0.501 e. The van der Waals surface area contributed by atoms with Gasteiger partial charge in [0, 0.05) is 62.6 Å². The minimum absolute atomic E-state index is 0. The molecule has 0 spiro atoms. The molecule has 0 fully saturated rings. The molecule has 7 nitrogen and oxygen atoms in total. The van der Waals surface area contributed by atoms with Crippen LogP contribution >= 0.6 is 0 Å². The maximum Gasteiger partial charge on any atom is 0.136 e. The second kappa shape index (κ2) is 18.3. The van der Waals surface area contributed by atoms with Crippen LogP contribution in [0.25, 0.3) is 94.5 Å². The SMILES string of the molecule is C[Si](C)(C)c1cnc(-c2[c-]cccc2)nc1.[2H]C([2H])([2H])c1c[c-]c(-c2nc3cccc(C([2H])([2H])[2H])c3n2-c2c(C(C)C)cc(-c3ccccc3)cc2C(C)C)c2oc3cc4c(cc3c12)oc1cc(C#N)ccc14.[Ir]. The third-order valence-electron chi connectivity index (χ3n) is 12.4. The molecular formula is C59H51IrN5O2Si-2. The Balaban J connectivity index is 0.000000338. The number of aryl methyl sites for hydroxylation is 2. The van der Waals surface area contributed by atoms with Gasteiger partial charge in [0.2, 0.25) is 0 Å². The van der Waals surface area contributed by atoms with Crippen LogP contribution in [0, 0.1) is 37.2 Å². The molecule has 0 atom stereocenters. The van der Waals surface area contributed by atoms with E-state index in [0.29, 0.717) is 55.5 Å². The van der Waals surface area contributed by atoms with E-state index in [9.17, 15) is 5.26 Å². The Bertz CT molecular complexity index is 3910. The topological polar surface area (TPSA) is 93.7 Å². The van der Waals surface area contributed by atoms with E-state index in [0.717, 1.165) is 50.1 Å². The third-order valence-corrected chi connectivity index (χ3v) is 14.4. The number of furan rings is 2. The van der Waals surface area contributed by atoms with E-state index < -0.39 is 21.8 Å². The summed E-state index contributed by atoms with van der Waals surface area (Å²) in [5.74, 6) is 1.14. The Morgan fingerprint density at radius 3 is 2.06 bits per heavy atom. The number of nitrogens with zero attached hydrogens (tertiary/aromatic N) is 5. The van der Waals surface area contributed by atoms with Crippen LogP contribution in [0.2, 0.25) is 19.6 Å². The molecule has 0 aliphatic heterocycles. The number of benzene rings is 7. The van der Waals surface area contributed by atoms with Gasteiger partial charge in [0.15, 0.2) is 0 Å². The van der Waals surface area contributed by atoms with Crippen molar-refractivity contribution in [1.29, 1.82) is 5.26 Å². The van der Waals surface area contributed by atoms with Crippen molar-refractivity contribution in [3.63, 3.8) is 0 Å². The van der Waals surface area contributed by atoms with Gasteiger partial charge < -0.3 is 13.4 Å². The predicted octanol–water partition coefficient (Wildman–Crippen LogP) is 15.2. The first-order chi connectivity index (χ1) is 34.7. The van der Waals surface area contributed by atoms with Crippen LogP contribution < -0.4 is 5.19 Å². The molecule has 0 N–H and O–H groups in total. The van der Waals surface area contributed by atoms with Crippen molar-refractivity contribution in [2.24, 2.45) is 0 Å². The van der Waals surface area contributed by atoms with Crippen LogP contribution in [0.4, 0.5) is 0 Å². The number of nitriles is 1. The van der Waals surface area contributed by atoms with E-state index in [1.54, 1.807) is 36.4 Å². The number of fused-ring (bicyclic) bond motifs is 7. The second-order valence-corrected chi connectivity index (χ2v) is 23.7. The summed E-state index contributed by atoms with van der Waals surface area (Å²) in [6, 6.07) is 46.3. The summed E-state index contributed by atoms with van der Waals surface area (Å²) in [7, 11) is -1.29. The molecule has 68 heavy (non-hydrogen) atoms. The predicted molar refractivity (Wildman–Crippen MR) is 277 cm³/mol. The first-order valence-electron chi connectivity index (χ1n) is 25.4. The molecule has 7 aromatic carbocycles. The van der Waals surface area contributed by atoms with Crippen molar-refractivity contribution in [1.82, 2.24) is 19.5 Å². The van der Waals surface area contributed by atoms with Gasteiger partial charge in [-0.15, -0.1) is 53.6 Å². The Morgan fingerprint density at radius 1 is 0.706 bits per heavy atom. The Kier molecular flexibility index (Phi) is 10.5. The largest absolute Gasteiger partial charge is 0.501 e. The van der Waals surface area contributed by atoms with E-state index in [1.807, 2.05) is 71.6 Å². The van der Waals surface area contributed by atoms with E-state index in [2.05, 4.69) is 99.8 Å². The zero-order valence-electron chi connectivity index (χ0n) is 44.7. The maximum absolute atomic E-state index is 9.48. The number of hydrogen-bond donors (Lipinski definition) is 0. The average molecular weight is 1090 g/mol.